The lowest BCUT2D eigenvalue weighted by atomic mass is 10.1. The van der Waals surface area contributed by atoms with Crippen LogP contribution in [0.1, 0.15) is 83.5 Å². The van der Waals surface area contributed by atoms with Crippen LogP contribution >= 0.6 is 23.5 Å². The molecule has 73 heavy (non-hydrogen) atoms. The van der Waals surface area contributed by atoms with Gasteiger partial charge in [-0.25, -0.2) is 0 Å². The van der Waals surface area contributed by atoms with Gasteiger partial charge in [-0.05, 0) is 227 Å². The molecule has 0 aromatic rings. The van der Waals surface area contributed by atoms with E-state index in [9.17, 15) is 0 Å². The molecule has 10 heterocycles. The third-order valence-electron chi connectivity index (χ3n) is 14.8. The molecule has 10 aliphatic heterocycles. The van der Waals surface area contributed by atoms with E-state index in [4.69, 9.17) is 9.47 Å². The minimum Gasteiger partial charge on any atom is -0.380 e. The van der Waals surface area contributed by atoms with Gasteiger partial charge >= 0.3 is 0 Å². The summed E-state index contributed by atoms with van der Waals surface area (Å²) < 4.78 is 10.3. The molecule has 10 rings (SSSR count). The second kappa shape index (κ2) is 50.4. The highest BCUT2D eigenvalue weighted by atomic mass is 32.2. The normalized spacial score (nSPS) is 25.5. The Labute approximate surface area is 464 Å². The SMILES string of the molecule is CN1CCC1.CN1CCCC1.CN1CCCCC1.CN1CCCCCC1.CN1CCCN(C)CC1.CN1CCCOCC1.CN1CCCSCC1.CN1CCN(C)CC1.CN1CCOCC1.CN1CCSCC1. The fourth-order valence-electron chi connectivity index (χ4n) is 8.76. The lowest BCUT2D eigenvalue weighted by Crippen LogP contribution is -2.42. The first kappa shape index (κ1) is 71.2. The molecule has 10 aliphatic rings. The monoisotopic (exact) mass is 1070 g/mol. The van der Waals surface area contributed by atoms with Crippen molar-refractivity contribution in [3.8, 4) is 0 Å². The number of hydrogen-bond acceptors (Lipinski definition) is 16. The average Bonchev–Trinajstić information content (AvgIpc) is 3.64. The molecule has 0 aliphatic carbocycles. The van der Waals surface area contributed by atoms with E-state index in [1.165, 1.54) is 244 Å². The number of piperazine rings is 1. The molecular formula is C57H126N12O2S2. The summed E-state index contributed by atoms with van der Waals surface area (Å²) in [7, 11) is 26.1. The van der Waals surface area contributed by atoms with Crippen LogP contribution in [0.5, 0.6) is 0 Å². The zero-order valence-corrected chi connectivity index (χ0v) is 52.5. The van der Waals surface area contributed by atoms with Crippen molar-refractivity contribution < 1.29 is 9.47 Å². The molecule has 0 unspecified atom stereocenters. The molecule has 10 saturated heterocycles. The van der Waals surface area contributed by atoms with Gasteiger partial charge in [-0.2, -0.15) is 23.5 Å². The molecule has 0 spiro atoms. The molecule has 0 aromatic carbocycles. The summed E-state index contributed by atoms with van der Waals surface area (Å²) in [6.07, 6.45) is 18.1. The van der Waals surface area contributed by atoms with Crippen LogP contribution in [-0.4, -0.2) is 350 Å². The van der Waals surface area contributed by atoms with Crippen LogP contribution in [0.4, 0.5) is 0 Å². The Morgan fingerprint density at radius 2 is 0.397 bits per heavy atom. The number of hydrogen-bond donors (Lipinski definition) is 0. The molecule has 0 N–H and O–H groups in total. The van der Waals surface area contributed by atoms with Crippen molar-refractivity contribution in [1.82, 2.24) is 58.8 Å². The third kappa shape index (κ3) is 49.0. The average molecular weight is 1080 g/mol. The van der Waals surface area contributed by atoms with Crippen LogP contribution in [-0.2, 0) is 9.47 Å². The van der Waals surface area contributed by atoms with Gasteiger partial charge in [-0.1, -0.05) is 19.3 Å². The van der Waals surface area contributed by atoms with E-state index in [2.05, 4.69) is 167 Å². The predicted octanol–water partition coefficient (Wildman–Crippen LogP) is 5.75. The molecule has 0 bridgehead atoms. The van der Waals surface area contributed by atoms with Crippen LogP contribution in [0.25, 0.3) is 0 Å². The number of piperidine rings is 1. The maximum absolute atomic E-state index is 5.22. The van der Waals surface area contributed by atoms with Crippen LogP contribution in [0, 0.1) is 0 Å². The first-order chi connectivity index (χ1) is 35.2. The summed E-state index contributed by atoms with van der Waals surface area (Å²) in [5, 5.41) is 0. The van der Waals surface area contributed by atoms with Crippen molar-refractivity contribution >= 4 is 23.5 Å². The molecular weight excluding hydrogens is 949 g/mol. The van der Waals surface area contributed by atoms with E-state index in [0.29, 0.717) is 0 Å². The number of rotatable bonds is 0. The van der Waals surface area contributed by atoms with Crippen LogP contribution in [0.2, 0.25) is 0 Å². The Morgan fingerprint density at radius 1 is 0.178 bits per heavy atom. The Balaban J connectivity index is 0.000000407. The number of likely N-dealkylation sites (N-methyl/N-ethyl adjacent to an activating group) is 6. The van der Waals surface area contributed by atoms with Crippen molar-refractivity contribution in [3.05, 3.63) is 0 Å². The standard InChI is InChI=1S/C7H16N2.C7H15N.C6H14N2.C6H13NO.C6H13NS.C6H13N.C5H11NO.C5H11NS.C5H11N.C4H9N/c1-8-4-3-5-9(2)7-6-8;1-8-6-4-2-3-5-7-8;1-7-3-5-8(2)6-4-7;2*1-7-3-2-5-8-6-4-7;1-7-5-3-2-4-6-7;2*1-6-2-4-7-5-3-6;1-6-4-2-3-5-6;1-5-3-2-4-5/h3-7H2,1-2H3;2-7H2,1H3;3-6H2,1-2H3;2*2-6H2,1H3;2-6H2,1H3;2*2-5H2,1H3;2-5H2,1H3;2-4H2,1H3. The topological polar surface area (TPSA) is 57.3 Å². The Morgan fingerprint density at radius 3 is 0.753 bits per heavy atom. The van der Waals surface area contributed by atoms with Gasteiger partial charge in [0.05, 0.1) is 19.8 Å². The minimum atomic E-state index is 0.913. The van der Waals surface area contributed by atoms with Crippen molar-refractivity contribution in [1.29, 1.82) is 0 Å². The van der Waals surface area contributed by atoms with E-state index < -0.39 is 0 Å². The first-order valence-electron chi connectivity index (χ1n) is 29.8. The summed E-state index contributed by atoms with van der Waals surface area (Å²) in [5.74, 6) is 5.36. The summed E-state index contributed by atoms with van der Waals surface area (Å²) in [6, 6.07) is 0. The molecule has 0 amide bonds. The van der Waals surface area contributed by atoms with E-state index in [1.54, 1.807) is 0 Å². The van der Waals surface area contributed by atoms with E-state index in [0.717, 1.165) is 46.1 Å². The van der Waals surface area contributed by atoms with Gasteiger partial charge in [0.25, 0.3) is 0 Å². The van der Waals surface area contributed by atoms with Crippen molar-refractivity contribution in [2.75, 3.05) is 291 Å². The molecule has 0 aromatic heterocycles. The van der Waals surface area contributed by atoms with Gasteiger partial charge in [-0.15, -0.1) is 0 Å². The summed E-state index contributed by atoms with van der Waals surface area (Å²) in [4.78, 5) is 28.3. The first-order valence-corrected chi connectivity index (χ1v) is 32.1. The maximum atomic E-state index is 5.22. The maximum Gasteiger partial charge on any atom is 0.0594 e. The fourth-order valence-corrected chi connectivity index (χ4v) is 10.8. The highest BCUT2D eigenvalue weighted by Gasteiger charge is 2.10. The largest absolute Gasteiger partial charge is 0.380 e. The third-order valence-corrected chi connectivity index (χ3v) is 16.8. The Kier molecular flexibility index (Phi) is 49.1. The lowest BCUT2D eigenvalue weighted by Gasteiger charge is -2.28. The van der Waals surface area contributed by atoms with Gasteiger partial charge < -0.3 is 68.3 Å². The van der Waals surface area contributed by atoms with Gasteiger partial charge in [-0.3, -0.25) is 0 Å². The van der Waals surface area contributed by atoms with Crippen LogP contribution in [0.15, 0.2) is 0 Å². The Bertz CT molecular complexity index is 1000. The molecule has 0 saturated carbocycles. The van der Waals surface area contributed by atoms with Crippen molar-refractivity contribution in [2.45, 2.75) is 83.5 Å². The number of thioether (sulfide) groups is 2. The zero-order chi connectivity index (χ0) is 53.6. The summed E-state index contributed by atoms with van der Waals surface area (Å²) in [5.41, 5.74) is 0. The number of morpholine rings is 1. The van der Waals surface area contributed by atoms with Crippen molar-refractivity contribution in [3.63, 3.8) is 0 Å². The second-order valence-corrected chi connectivity index (χ2v) is 25.1. The van der Waals surface area contributed by atoms with Crippen molar-refractivity contribution in [2.24, 2.45) is 0 Å². The quantitative estimate of drug-likeness (QED) is 0.296. The molecule has 10 fully saturated rings. The summed E-state index contributed by atoms with van der Waals surface area (Å²) in [6.45, 7) is 33.8. The van der Waals surface area contributed by atoms with Gasteiger partial charge in [0.15, 0.2) is 0 Å². The lowest BCUT2D eigenvalue weighted by molar-refractivity contribution is 0.0503. The van der Waals surface area contributed by atoms with Gasteiger partial charge in [0, 0.05) is 109 Å². The van der Waals surface area contributed by atoms with E-state index in [1.807, 2.05) is 0 Å². The molecule has 0 radical (unpaired) electrons. The van der Waals surface area contributed by atoms with Gasteiger partial charge in [0.2, 0.25) is 0 Å². The molecule has 0 atom stereocenters. The van der Waals surface area contributed by atoms with Crippen LogP contribution < -0.4 is 0 Å². The predicted molar refractivity (Wildman–Crippen MR) is 326 cm³/mol. The van der Waals surface area contributed by atoms with Crippen LogP contribution in [0.3, 0.4) is 0 Å². The zero-order valence-electron chi connectivity index (χ0n) is 50.8. The summed E-state index contributed by atoms with van der Waals surface area (Å²) >= 11 is 4.13. The molecule has 438 valence electrons. The second-order valence-electron chi connectivity index (χ2n) is 22.7. The minimum absolute atomic E-state index is 0.913. The van der Waals surface area contributed by atoms with Gasteiger partial charge in [0.1, 0.15) is 0 Å². The fraction of sp³-hybridized carbons (Fsp3) is 1.00. The smallest absolute Gasteiger partial charge is 0.0594 e. The highest BCUT2D eigenvalue weighted by molar-refractivity contribution is 7.99. The number of likely N-dealkylation sites (tertiary alicyclic amines) is 4. The number of ether oxygens (including phenoxy) is 2. The molecule has 14 nitrogen and oxygen atoms in total. The van der Waals surface area contributed by atoms with E-state index in [-0.39, 0.29) is 0 Å². The molecule has 16 heteroatoms. The number of nitrogens with zero attached hydrogens (tertiary/aromatic N) is 12. The van der Waals surface area contributed by atoms with E-state index >= 15 is 0 Å². The Hall–Kier alpha value is 0.140. The highest BCUT2D eigenvalue weighted by Crippen LogP contribution is 2.09.